The van der Waals surface area contributed by atoms with Crippen molar-refractivity contribution in [2.75, 3.05) is 34.9 Å². The van der Waals surface area contributed by atoms with Crippen LogP contribution in [0.3, 0.4) is 0 Å². The number of rotatable bonds is 4. The first-order valence-corrected chi connectivity index (χ1v) is 10.8. The van der Waals surface area contributed by atoms with Crippen molar-refractivity contribution in [2.45, 2.75) is 44.7 Å². The topological polar surface area (TPSA) is 101 Å². The summed E-state index contributed by atoms with van der Waals surface area (Å²) in [6, 6.07) is 2.49. The highest BCUT2D eigenvalue weighted by Gasteiger charge is 2.42. The molecule has 1 saturated heterocycles. The number of ether oxygens (including phenoxy) is 1. The zero-order chi connectivity index (χ0) is 20.9. The van der Waals surface area contributed by atoms with Gasteiger partial charge in [-0.1, -0.05) is 0 Å². The van der Waals surface area contributed by atoms with Gasteiger partial charge in [-0.15, -0.1) is 0 Å². The molecule has 0 unspecified atom stereocenters. The number of carbonyl (C=O) groups excluding carboxylic acids is 1. The quantitative estimate of drug-likeness (QED) is 0.685. The molecule has 0 atom stereocenters. The summed E-state index contributed by atoms with van der Waals surface area (Å²) in [5, 5.41) is 7.54. The second-order valence-electron chi connectivity index (χ2n) is 8.43. The molecule has 160 valence electrons. The number of aromatic nitrogens is 5. The van der Waals surface area contributed by atoms with Crippen LogP contribution in [0.5, 0.6) is 0 Å². The van der Waals surface area contributed by atoms with Crippen LogP contribution in [0.4, 0.5) is 23.1 Å². The maximum absolute atomic E-state index is 13.0. The van der Waals surface area contributed by atoms with Gasteiger partial charge in [0.15, 0.2) is 11.5 Å². The highest BCUT2D eigenvalue weighted by Crippen LogP contribution is 2.41. The summed E-state index contributed by atoms with van der Waals surface area (Å²) in [6.45, 7) is 3.79. The Hall–Kier alpha value is -3.27. The molecule has 2 fully saturated rings. The number of aryl methyl sites for hydroxylation is 1. The fourth-order valence-corrected chi connectivity index (χ4v) is 4.48. The number of fused-ring (bicyclic) bond motifs is 2. The van der Waals surface area contributed by atoms with Gasteiger partial charge in [-0.2, -0.15) is 10.1 Å². The summed E-state index contributed by atoms with van der Waals surface area (Å²) >= 11 is 0. The molecule has 0 bridgehead atoms. The van der Waals surface area contributed by atoms with Crippen molar-refractivity contribution in [1.29, 1.82) is 0 Å². The second kappa shape index (κ2) is 7.16. The number of amides is 1. The van der Waals surface area contributed by atoms with E-state index in [1.165, 1.54) is 6.33 Å². The van der Waals surface area contributed by atoms with E-state index in [0.717, 1.165) is 54.1 Å². The molecular formula is C21H24N8O2. The molecule has 0 aromatic carbocycles. The monoisotopic (exact) mass is 420 g/mol. The fraction of sp³-hybridized carbons (Fsp3) is 0.476. The molecule has 0 radical (unpaired) electrons. The first kappa shape index (κ1) is 18.5. The van der Waals surface area contributed by atoms with Gasteiger partial charge in [0.2, 0.25) is 11.9 Å². The average molecular weight is 420 g/mol. The third kappa shape index (κ3) is 3.27. The normalized spacial score (nSPS) is 19.7. The highest BCUT2D eigenvalue weighted by atomic mass is 16.5. The molecule has 6 rings (SSSR count). The number of pyridine rings is 1. The molecule has 3 aromatic heterocycles. The van der Waals surface area contributed by atoms with Crippen LogP contribution >= 0.6 is 0 Å². The van der Waals surface area contributed by atoms with Gasteiger partial charge in [0, 0.05) is 25.3 Å². The van der Waals surface area contributed by atoms with E-state index in [4.69, 9.17) is 9.72 Å². The lowest BCUT2D eigenvalue weighted by Crippen LogP contribution is -2.52. The Morgan fingerprint density at radius 2 is 1.97 bits per heavy atom. The molecule has 31 heavy (non-hydrogen) atoms. The molecule has 5 heterocycles. The summed E-state index contributed by atoms with van der Waals surface area (Å²) in [5.74, 6) is 1.47. The number of hydrogen-bond acceptors (Lipinski definition) is 8. The van der Waals surface area contributed by atoms with Crippen LogP contribution in [0, 0.1) is 6.92 Å². The molecule has 2 aliphatic heterocycles. The van der Waals surface area contributed by atoms with Gasteiger partial charge in [-0.25, -0.2) is 14.5 Å². The first-order chi connectivity index (χ1) is 15.2. The summed E-state index contributed by atoms with van der Waals surface area (Å²) in [6.07, 6.45) is 9.07. The Kier molecular flexibility index (Phi) is 4.27. The smallest absolute Gasteiger partial charge is 0.246 e. The van der Waals surface area contributed by atoms with Crippen molar-refractivity contribution < 1.29 is 9.53 Å². The SMILES string of the molecule is Cc1cc2ncnn2cc1Nc1ncc2c(n1)N(C1CCOCC1)CC(=O)N2C1CC1. The minimum Gasteiger partial charge on any atom is -0.381 e. The Bertz CT molecular complexity index is 1150. The maximum atomic E-state index is 13.0. The molecule has 1 amide bonds. The summed E-state index contributed by atoms with van der Waals surface area (Å²) in [4.78, 5) is 30.7. The zero-order valence-corrected chi connectivity index (χ0v) is 17.4. The largest absolute Gasteiger partial charge is 0.381 e. The minimum absolute atomic E-state index is 0.137. The predicted octanol–water partition coefficient (Wildman–Crippen LogP) is 2.07. The molecular weight excluding hydrogens is 396 g/mol. The van der Waals surface area contributed by atoms with Crippen LogP contribution in [0.25, 0.3) is 5.65 Å². The third-order valence-electron chi connectivity index (χ3n) is 6.27. The van der Waals surface area contributed by atoms with Crippen molar-refractivity contribution >= 4 is 34.7 Å². The van der Waals surface area contributed by atoms with Gasteiger partial charge < -0.3 is 19.9 Å². The van der Waals surface area contributed by atoms with Gasteiger partial charge >= 0.3 is 0 Å². The van der Waals surface area contributed by atoms with E-state index in [-0.39, 0.29) is 18.0 Å². The van der Waals surface area contributed by atoms with Gasteiger partial charge in [0.25, 0.3) is 0 Å². The fourth-order valence-electron chi connectivity index (χ4n) is 4.48. The van der Waals surface area contributed by atoms with Crippen molar-refractivity contribution in [1.82, 2.24) is 24.6 Å². The van der Waals surface area contributed by atoms with Crippen molar-refractivity contribution in [3.63, 3.8) is 0 Å². The minimum atomic E-state index is 0.137. The lowest BCUT2D eigenvalue weighted by Gasteiger charge is -2.41. The van der Waals surface area contributed by atoms with Crippen LogP contribution in [-0.2, 0) is 9.53 Å². The Labute approximate surface area is 179 Å². The Morgan fingerprint density at radius 3 is 2.77 bits per heavy atom. The standard InChI is InChI=1S/C21H24N8O2/c1-13-8-18-23-12-24-28(18)10-16(13)25-21-22-9-17-20(26-21)27(14-4-6-31-7-5-14)11-19(30)29(17)15-2-3-15/h8-10,12,14-15H,2-7,11H2,1H3,(H,22,25,26). The summed E-state index contributed by atoms with van der Waals surface area (Å²) < 4.78 is 7.26. The van der Waals surface area contributed by atoms with Crippen LogP contribution in [0.15, 0.2) is 24.8 Å². The number of carbonyl (C=O) groups is 1. The molecule has 0 spiro atoms. The summed E-state index contributed by atoms with van der Waals surface area (Å²) in [7, 11) is 0. The number of hydrogen-bond donors (Lipinski definition) is 1. The molecule has 3 aliphatic rings. The Balaban J connectivity index is 1.38. The van der Waals surface area contributed by atoms with Gasteiger partial charge in [0.1, 0.15) is 12.0 Å². The lowest BCUT2D eigenvalue weighted by molar-refractivity contribution is -0.117. The average Bonchev–Trinajstić information content (AvgIpc) is 3.52. The number of anilines is 4. The second-order valence-corrected chi connectivity index (χ2v) is 8.43. The molecule has 1 N–H and O–H groups in total. The van der Waals surface area contributed by atoms with Crippen LogP contribution in [0.2, 0.25) is 0 Å². The number of nitrogens with one attached hydrogen (secondary N) is 1. The highest BCUT2D eigenvalue weighted by molar-refractivity contribution is 6.03. The molecule has 10 nitrogen and oxygen atoms in total. The molecule has 3 aromatic rings. The zero-order valence-electron chi connectivity index (χ0n) is 17.4. The maximum Gasteiger partial charge on any atom is 0.246 e. The van der Waals surface area contributed by atoms with Gasteiger partial charge in [0.05, 0.1) is 24.6 Å². The van der Waals surface area contributed by atoms with E-state index in [9.17, 15) is 4.79 Å². The van der Waals surface area contributed by atoms with E-state index < -0.39 is 0 Å². The van der Waals surface area contributed by atoms with E-state index in [0.29, 0.717) is 25.7 Å². The molecule has 10 heteroatoms. The van der Waals surface area contributed by atoms with Crippen molar-refractivity contribution in [3.05, 3.63) is 30.4 Å². The van der Waals surface area contributed by atoms with E-state index in [1.807, 2.05) is 24.1 Å². The van der Waals surface area contributed by atoms with Crippen LogP contribution < -0.4 is 15.1 Å². The first-order valence-electron chi connectivity index (χ1n) is 10.8. The van der Waals surface area contributed by atoms with Gasteiger partial charge in [-0.05, 0) is 44.2 Å². The van der Waals surface area contributed by atoms with Crippen molar-refractivity contribution in [3.8, 4) is 0 Å². The third-order valence-corrected chi connectivity index (χ3v) is 6.27. The molecule has 1 aliphatic carbocycles. The van der Waals surface area contributed by atoms with E-state index in [1.54, 1.807) is 10.7 Å². The van der Waals surface area contributed by atoms with Crippen LogP contribution in [0.1, 0.15) is 31.2 Å². The molecule has 1 saturated carbocycles. The predicted molar refractivity (Wildman–Crippen MR) is 115 cm³/mol. The van der Waals surface area contributed by atoms with Crippen molar-refractivity contribution in [2.24, 2.45) is 0 Å². The summed E-state index contributed by atoms with van der Waals surface area (Å²) in [5.41, 5.74) is 3.50. The Morgan fingerprint density at radius 1 is 1.13 bits per heavy atom. The lowest BCUT2D eigenvalue weighted by atomic mass is 10.1. The van der Waals surface area contributed by atoms with Crippen LogP contribution in [-0.4, -0.2) is 62.3 Å². The van der Waals surface area contributed by atoms with Gasteiger partial charge in [-0.3, -0.25) is 4.79 Å². The van der Waals surface area contributed by atoms with E-state index in [2.05, 4.69) is 25.3 Å². The number of nitrogens with zero attached hydrogens (tertiary/aromatic N) is 7. The van der Waals surface area contributed by atoms with E-state index >= 15 is 0 Å².